The van der Waals surface area contributed by atoms with Crippen LogP contribution in [-0.2, 0) is 10.9 Å². The number of hydrogen-bond donors (Lipinski definition) is 1. The number of hydrogen-bond acceptors (Lipinski definition) is 5. The van der Waals surface area contributed by atoms with Gasteiger partial charge in [0.25, 0.3) is 0 Å². The normalized spacial score (nSPS) is 30.1. The highest BCUT2D eigenvalue weighted by atomic mass is 19.4. The molecule has 2 N–H and O–H groups in total. The van der Waals surface area contributed by atoms with Gasteiger partial charge in [0.05, 0.1) is 17.4 Å². The molecule has 3 heterocycles. The van der Waals surface area contributed by atoms with Crippen LogP contribution in [0.4, 0.5) is 19.0 Å². The molecular formula is C24H32F3N5O. The Balaban J connectivity index is 1.35. The molecule has 33 heavy (non-hydrogen) atoms. The lowest BCUT2D eigenvalue weighted by molar-refractivity contribution is -0.137. The summed E-state index contributed by atoms with van der Waals surface area (Å²) in [6.07, 6.45) is 1.85. The van der Waals surface area contributed by atoms with Crippen LogP contribution in [0.25, 0.3) is 11.3 Å². The van der Waals surface area contributed by atoms with Gasteiger partial charge in [-0.2, -0.15) is 18.3 Å². The molecule has 3 fully saturated rings. The Morgan fingerprint density at radius 3 is 2.55 bits per heavy atom. The lowest BCUT2D eigenvalue weighted by atomic mass is 9.99. The Kier molecular flexibility index (Phi) is 5.68. The first-order valence-corrected chi connectivity index (χ1v) is 11.9. The molecule has 0 radical (unpaired) electrons. The molecule has 2 aromatic rings. The summed E-state index contributed by atoms with van der Waals surface area (Å²) in [6.45, 7) is 6.28. The zero-order valence-corrected chi connectivity index (χ0v) is 19.3. The van der Waals surface area contributed by atoms with Gasteiger partial charge in [-0.3, -0.25) is 9.58 Å². The number of ether oxygens (including phenoxy) is 1. The molecule has 9 heteroatoms. The number of pyridine rings is 1. The maximum atomic E-state index is 13.3. The zero-order chi connectivity index (χ0) is 23.5. The number of nitrogen functional groups attached to an aromatic ring is 1. The minimum absolute atomic E-state index is 0.124. The highest BCUT2D eigenvalue weighted by Gasteiger charge is 2.58. The Morgan fingerprint density at radius 1 is 1.18 bits per heavy atom. The summed E-state index contributed by atoms with van der Waals surface area (Å²) in [6, 6.07) is 3.76. The molecule has 2 aliphatic carbocycles. The van der Waals surface area contributed by atoms with Crippen molar-refractivity contribution in [3.63, 3.8) is 0 Å². The van der Waals surface area contributed by atoms with Crippen LogP contribution in [0.1, 0.15) is 62.7 Å². The van der Waals surface area contributed by atoms with E-state index in [1.54, 1.807) is 7.11 Å². The third kappa shape index (κ3) is 4.14. The molecule has 0 amide bonds. The fraction of sp³-hybridized carbons (Fsp3) is 0.667. The van der Waals surface area contributed by atoms with Crippen LogP contribution in [0.2, 0.25) is 0 Å². The number of aromatic nitrogens is 3. The van der Waals surface area contributed by atoms with E-state index in [1.807, 2.05) is 10.7 Å². The van der Waals surface area contributed by atoms with Gasteiger partial charge in [0, 0.05) is 49.1 Å². The molecule has 2 aromatic heterocycles. The van der Waals surface area contributed by atoms with E-state index in [-0.39, 0.29) is 6.04 Å². The van der Waals surface area contributed by atoms with Gasteiger partial charge in [0.1, 0.15) is 5.82 Å². The number of halogens is 3. The molecule has 3 aliphatic rings. The van der Waals surface area contributed by atoms with Gasteiger partial charge < -0.3 is 10.5 Å². The van der Waals surface area contributed by atoms with Gasteiger partial charge in [-0.05, 0) is 70.0 Å². The van der Waals surface area contributed by atoms with Gasteiger partial charge in [0.2, 0.25) is 0 Å². The highest BCUT2D eigenvalue weighted by Crippen LogP contribution is 2.64. The van der Waals surface area contributed by atoms with Crippen LogP contribution in [0.3, 0.4) is 0 Å². The topological polar surface area (TPSA) is 69.2 Å². The predicted molar refractivity (Wildman–Crippen MR) is 120 cm³/mol. The van der Waals surface area contributed by atoms with Crippen molar-refractivity contribution in [2.24, 2.45) is 11.8 Å². The second-order valence-electron chi connectivity index (χ2n) is 10.1. The van der Waals surface area contributed by atoms with Crippen LogP contribution in [0.15, 0.2) is 18.3 Å². The smallest absolute Gasteiger partial charge is 0.383 e. The molecule has 1 aliphatic heterocycles. The summed E-state index contributed by atoms with van der Waals surface area (Å²) in [5.41, 5.74) is 6.57. The van der Waals surface area contributed by atoms with Crippen molar-refractivity contribution in [3.05, 3.63) is 29.6 Å². The minimum atomic E-state index is -4.55. The fourth-order valence-electron chi connectivity index (χ4n) is 6.09. The van der Waals surface area contributed by atoms with Crippen molar-refractivity contribution in [1.29, 1.82) is 0 Å². The van der Waals surface area contributed by atoms with E-state index >= 15 is 0 Å². The van der Waals surface area contributed by atoms with E-state index < -0.39 is 17.6 Å². The lowest BCUT2D eigenvalue weighted by Gasteiger charge is -2.37. The first-order chi connectivity index (χ1) is 15.7. The maximum Gasteiger partial charge on any atom is 0.419 e. The number of methoxy groups -OCH3 is 1. The number of likely N-dealkylation sites (tertiary alicyclic amines) is 1. The number of fused-ring (bicyclic) bond motifs is 1. The Morgan fingerprint density at radius 2 is 1.91 bits per heavy atom. The van der Waals surface area contributed by atoms with Gasteiger partial charge >= 0.3 is 6.18 Å². The van der Waals surface area contributed by atoms with Gasteiger partial charge in [-0.1, -0.05) is 0 Å². The van der Waals surface area contributed by atoms with Crippen LogP contribution in [-0.4, -0.2) is 52.0 Å². The molecule has 2 unspecified atom stereocenters. The monoisotopic (exact) mass is 463 g/mol. The molecule has 2 saturated carbocycles. The summed E-state index contributed by atoms with van der Waals surface area (Å²) in [7, 11) is 1.80. The van der Waals surface area contributed by atoms with Crippen LogP contribution < -0.4 is 5.73 Å². The second kappa shape index (κ2) is 8.27. The molecule has 0 spiro atoms. The van der Waals surface area contributed by atoms with E-state index in [9.17, 15) is 13.2 Å². The van der Waals surface area contributed by atoms with Crippen molar-refractivity contribution in [2.75, 3.05) is 25.9 Å². The quantitative estimate of drug-likeness (QED) is 0.694. The van der Waals surface area contributed by atoms with Crippen LogP contribution in [0.5, 0.6) is 0 Å². The van der Waals surface area contributed by atoms with E-state index in [1.165, 1.54) is 25.5 Å². The number of alkyl halides is 3. The van der Waals surface area contributed by atoms with Crippen molar-refractivity contribution >= 4 is 5.82 Å². The number of anilines is 1. The lowest BCUT2D eigenvalue weighted by Crippen LogP contribution is -2.44. The zero-order valence-electron chi connectivity index (χ0n) is 19.3. The van der Waals surface area contributed by atoms with E-state index in [4.69, 9.17) is 15.6 Å². The average molecular weight is 464 g/mol. The number of nitrogens with two attached hydrogens (primary N) is 1. The van der Waals surface area contributed by atoms with Crippen molar-refractivity contribution in [2.45, 2.75) is 69.8 Å². The summed E-state index contributed by atoms with van der Waals surface area (Å²) in [4.78, 5) is 6.39. The standard InChI is InChI=1S/C24H32F3N5O/c1-13(2)32-21(10-20(30-32)14-7-19(24(25,26)27)23(28)29-11-14)22-17-8-15(9-18(17)22)31-6-4-5-16(12-31)33-3/h7,10-11,13,15-18,22H,4-6,8-9,12H2,1-3H3,(H2,28,29)/t15?,16-,17-,18+,22?/m0/s1. The molecule has 0 aromatic carbocycles. The first-order valence-electron chi connectivity index (χ1n) is 11.9. The molecule has 0 bridgehead atoms. The van der Waals surface area contributed by atoms with Crippen LogP contribution in [0, 0.1) is 11.8 Å². The summed E-state index contributed by atoms with van der Waals surface area (Å²) >= 11 is 0. The second-order valence-corrected chi connectivity index (χ2v) is 10.1. The summed E-state index contributed by atoms with van der Waals surface area (Å²) in [5, 5.41) is 4.69. The van der Waals surface area contributed by atoms with Crippen molar-refractivity contribution < 1.29 is 17.9 Å². The molecule has 5 rings (SSSR count). The van der Waals surface area contributed by atoms with Crippen molar-refractivity contribution in [3.8, 4) is 11.3 Å². The average Bonchev–Trinajstić information content (AvgIpc) is 3.13. The van der Waals surface area contributed by atoms with E-state index in [2.05, 4.69) is 23.7 Å². The molecular weight excluding hydrogens is 431 g/mol. The molecule has 5 atom stereocenters. The number of piperidine rings is 1. The molecule has 180 valence electrons. The minimum Gasteiger partial charge on any atom is -0.383 e. The van der Waals surface area contributed by atoms with Gasteiger partial charge in [-0.15, -0.1) is 0 Å². The molecule has 1 saturated heterocycles. The summed E-state index contributed by atoms with van der Waals surface area (Å²) < 4.78 is 47.6. The Hall–Kier alpha value is -2.13. The highest BCUT2D eigenvalue weighted by molar-refractivity contribution is 5.63. The summed E-state index contributed by atoms with van der Waals surface area (Å²) in [5.74, 6) is 1.16. The van der Waals surface area contributed by atoms with E-state index in [0.29, 0.717) is 41.2 Å². The number of rotatable bonds is 5. The fourth-order valence-corrected chi connectivity index (χ4v) is 6.09. The third-order valence-electron chi connectivity index (χ3n) is 7.79. The number of nitrogens with zero attached hydrogens (tertiary/aromatic N) is 4. The largest absolute Gasteiger partial charge is 0.419 e. The maximum absolute atomic E-state index is 13.3. The SMILES string of the molecule is CO[C@H]1CCCN(C2C[C@@H]3C(c4cc(-c5cnc(N)c(C(F)(F)F)c5)nn4C(C)C)[C@@H]3C2)C1. The van der Waals surface area contributed by atoms with Crippen molar-refractivity contribution in [1.82, 2.24) is 19.7 Å². The molecule has 6 nitrogen and oxygen atoms in total. The first kappa shape index (κ1) is 22.7. The van der Waals surface area contributed by atoms with Gasteiger partial charge in [0.15, 0.2) is 0 Å². The Bertz CT molecular complexity index is 1010. The van der Waals surface area contributed by atoms with Gasteiger partial charge in [-0.25, -0.2) is 4.98 Å². The van der Waals surface area contributed by atoms with E-state index in [0.717, 1.165) is 31.3 Å². The predicted octanol–water partition coefficient (Wildman–Crippen LogP) is 4.73. The van der Waals surface area contributed by atoms with Crippen LogP contribution >= 0.6 is 0 Å². The Labute approximate surface area is 192 Å². The third-order valence-corrected chi connectivity index (χ3v) is 7.79.